The average molecular weight is 285 g/mol. The second-order valence-electron chi connectivity index (χ2n) is 5.03. The van der Waals surface area contributed by atoms with Gasteiger partial charge >= 0.3 is 0 Å². The lowest BCUT2D eigenvalue weighted by Crippen LogP contribution is -1.93. The maximum absolute atomic E-state index is 12.0. The molecule has 2 aromatic carbocycles. The second-order valence-corrected chi connectivity index (χ2v) is 5.46. The minimum absolute atomic E-state index is 0.0189. The molecule has 2 aromatic rings. The number of hydrogen-bond donors (Lipinski definition) is 0. The predicted molar refractivity (Wildman–Crippen MR) is 85.3 cm³/mol. The van der Waals surface area contributed by atoms with E-state index in [1.54, 1.807) is 30.3 Å². The molecule has 20 heavy (non-hydrogen) atoms. The topological polar surface area (TPSA) is 17.1 Å². The molecule has 0 unspecified atom stereocenters. The molecule has 0 saturated carbocycles. The third kappa shape index (κ3) is 3.82. The maximum atomic E-state index is 12.0. The first-order valence-electron chi connectivity index (χ1n) is 6.64. The molecule has 0 amide bonds. The monoisotopic (exact) mass is 284 g/mol. The van der Waals surface area contributed by atoms with Crippen LogP contribution in [0.25, 0.3) is 6.08 Å². The van der Waals surface area contributed by atoms with Crippen LogP contribution in [0.4, 0.5) is 0 Å². The van der Waals surface area contributed by atoms with Crippen molar-refractivity contribution in [3.05, 3.63) is 76.3 Å². The van der Waals surface area contributed by atoms with E-state index in [-0.39, 0.29) is 5.78 Å². The minimum atomic E-state index is -0.0189. The summed E-state index contributed by atoms with van der Waals surface area (Å²) in [6, 6.07) is 15.2. The van der Waals surface area contributed by atoms with E-state index in [9.17, 15) is 4.79 Å². The molecule has 0 atom stereocenters. The van der Waals surface area contributed by atoms with Gasteiger partial charge in [-0.3, -0.25) is 4.79 Å². The van der Waals surface area contributed by atoms with Gasteiger partial charge in [-0.1, -0.05) is 55.8 Å². The second kappa shape index (κ2) is 6.53. The zero-order chi connectivity index (χ0) is 14.5. The summed E-state index contributed by atoms with van der Waals surface area (Å²) >= 11 is 5.80. The van der Waals surface area contributed by atoms with E-state index in [0.29, 0.717) is 16.5 Å². The lowest BCUT2D eigenvalue weighted by Gasteiger charge is -2.04. The SMILES string of the molecule is CC(C)c1ccc(/C=C/C(=O)c2ccc(Cl)cc2)cc1. The summed E-state index contributed by atoms with van der Waals surface area (Å²) in [7, 11) is 0. The highest BCUT2D eigenvalue weighted by Crippen LogP contribution is 2.16. The zero-order valence-electron chi connectivity index (χ0n) is 11.6. The van der Waals surface area contributed by atoms with Crippen molar-refractivity contribution in [2.24, 2.45) is 0 Å². The van der Waals surface area contributed by atoms with Crippen LogP contribution in [0.15, 0.2) is 54.6 Å². The number of rotatable bonds is 4. The summed E-state index contributed by atoms with van der Waals surface area (Å²) in [6.45, 7) is 4.32. The minimum Gasteiger partial charge on any atom is -0.289 e. The fourth-order valence-corrected chi connectivity index (χ4v) is 2.00. The van der Waals surface area contributed by atoms with Crippen molar-refractivity contribution in [1.82, 2.24) is 0 Å². The summed E-state index contributed by atoms with van der Waals surface area (Å²) in [5.74, 6) is 0.498. The van der Waals surface area contributed by atoms with E-state index in [2.05, 4.69) is 26.0 Å². The molecule has 0 aromatic heterocycles. The Labute approximate surface area is 124 Å². The summed E-state index contributed by atoms with van der Waals surface area (Å²) in [6.07, 6.45) is 3.43. The maximum Gasteiger partial charge on any atom is 0.185 e. The molecular formula is C18H17ClO. The van der Waals surface area contributed by atoms with Gasteiger partial charge in [0.25, 0.3) is 0 Å². The van der Waals surface area contributed by atoms with Crippen LogP contribution in [-0.4, -0.2) is 5.78 Å². The molecule has 0 aliphatic carbocycles. The molecule has 0 heterocycles. The van der Waals surface area contributed by atoms with Gasteiger partial charge in [0.05, 0.1) is 0 Å². The number of halogens is 1. The third-order valence-corrected chi connectivity index (χ3v) is 3.41. The molecular weight excluding hydrogens is 268 g/mol. The number of carbonyl (C=O) groups is 1. The molecule has 0 bridgehead atoms. The van der Waals surface area contributed by atoms with Gasteiger partial charge in [-0.05, 0) is 47.4 Å². The van der Waals surface area contributed by atoms with Gasteiger partial charge in [0.15, 0.2) is 5.78 Å². The van der Waals surface area contributed by atoms with Gasteiger partial charge in [-0.2, -0.15) is 0 Å². The highest BCUT2D eigenvalue weighted by atomic mass is 35.5. The lowest BCUT2D eigenvalue weighted by molar-refractivity contribution is 0.104. The highest BCUT2D eigenvalue weighted by molar-refractivity contribution is 6.30. The Morgan fingerprint density at radius 2 is 1.60 bits per heavy atom. The third-order valence-electron chi connectivity index (χ3n) is 3.16. The van der Waals surface area contributed by atoms with Crippen LogP contribution < -0.4 is 0 Å². The summed E-state index contributed by atoms with van der Waals surface area (Å²) in [4.78, 5) is 12.0. The number of hydrogen-bond acceptors (Lipinski definition) is 1. The number of benzene rings is 2. The summed E-state index contributed by atoms with van der Waals surface area (Å²) < 4.78 is 0. The van der Waals surface area contributed by atoms with Crippen LogP contribution in [-0.2, 0) is 0 Å². The van der Waals surface area contributed by atoms with E-state index in [4.69, 9.17) is 11.6 Å². The Morgan fingerprint density at radius 1 is 1.00 bits per heavy atom. The molecule has 2 heteroatoms. The first kappa shape index (κ1) is 14.5. The van der Waals surface area contributed by atoms with Crippen molar-refractivity contribution in [2.45, 2.75) is 19.8 Å². The molecule has 102 valence electrons. The molecule has 0 fully saturated rings. The van der Waals surface area contributed by atoms with Crippen molar-refractivity contribution in [2.75, 3.05) is 0 Å². The quantitative estimate of drug-likeness (QED) is 0.546. The molecule has 1 nitrogen and oxygen atoms in total. The Hall–Kier alpha value is -1.86. The normalized spacial score (nSPS) is 11.2. The van der Waals surface area contributed by atoms with Crippen molar-refractivity contribution in [3.8, 4) is 0 Å². The van der Waals surface area contributed by atoms with Gasteiger partial charge in [-0.25, -0.2) is 0 Å². The van der Waals surface area contributed by atoms with Gasteiger partial charge < -0.3 is 0 Å². The van der Waals surface area contributed by atoms with Crippen molar-refractivity contribution in [3.63, 3.8) is 0 Å². The van der Waals surface area contributed by atoms with E-state index in [1.807, 2.05) is 18.2 Å². The van der Waals surface area contributed by atoms with Crippen molar-refractivity contribution >= 4 is 23.5 Å². The van der Waals surface area contributed by atoms with Crippen LogP contribution in [0, 0.1) is 0 Å². The standard InChI is InChI=1S/C18H17ClO/c1-13(2)15-6-3-14(4-7-15)5-12-18(20)16-8-10-17(19)11-9-16/h3-13H,1-2H3/b12-5+. The average Bonchev–Trinajstić information content (AvgIpc) is 2.46. The fraction of sp³-hybridized carbons (Fsp3) is 0.167. The Morgan fingerprint density at radius 3 is 2.15 bits per heavy atom. The molecule has 0 aliphatic rings. The first-order valence-corrected chi connectivity index (χ1v) is 7.02. The lowest BCUT2D eigenvalue weighted by atomic mass is 10.0. The molecule has 0 aliphatic heterocycles. The Bertz CT molecular complexity index is 607. The van der Waals surface area contributed by atoms with Gasteiger partial charge in [0, 0.05) is 10.6 Å². The van der Waals surface area contributed by atoms with E-state index < -0.39 is 0 Å². The van der Waals surface area contributed by atoms with Crippen LogP contribution in [0.3, 0.4) is 0 Å². The van der Waals surface area contributed by atoms with Gasteiger partial charge in [0.1, 0.15) is 0 Å². The van der Waals surface area contributed by atoms with Crippen LogP contribution >= 0.6 is 11.6 Å². The van der Waals surface area contributed by atoms with Crippen LogP contribution in [0.2, 0.25) is 5.02 Å². The molecule has 0 N–H and O–H groups in total. The van der Waals surface area contributed by atoms with E-state index in [1.165, 1.54) is 5.56 Å². The van der Waals surface area contributed by atoms with E-state index in [0.717, 1.165) is 5.56 Å². The van der Waals surface area contributed by atoms with Crippen LogP contribution in [0.5, 0.6) is 0 Å². The predicted octanol–water partition coefficient (Wildman–Crippen LogP) is 5.36. The smallest absolute Gasteiger partial charge is 0.185 e. The molecule has 0 radical (unpaired) electrons. The molecule has 2 rings (SSSR count). The van der Waals surface area contributed by atoms with Crippen LogP contribution in [0.1, 0.15) is 41.3 Å². The highest BCUT2D eigenvalue weighted by Gasteiger charge is 2.01. The summed E-state index contributed by atoms with van der Waals surface area (Å²) in [5.41, 5.74) is 2.97. The Balaban J connectivity index is 2.08. The van der Waals surface area contributed by atoms with Crippen molar-refractivity contribution in [1.29, 1.82) is 0 Å². The first-order chi connectivity index (χ1) is 9.56. The number of carbonyl (C=O) groups excluding carboxylic acids is 1. The number of ketones is 1. The fourth-order valence-electron chi connectivity index (χ4n) is 1.87. The van der Waals surface area contributed by atoms with Crippen molar-refractivity contribution < 1.29 is 4.79 Å². The largest absolute Gasteiger partial charge is 0.289 e. The number of allylic oxidation sites excluding steroid dienone is 1. The molecule has 0 saturated heterocycles. The van der Waals surface area contributed by atoms with E-state index >= 15 is 0 Å². The Kier molecular flexibility index (Phi) is 4.75. The van der Waals surface area contributed by atoms with Gasteiger partial charge in [-0.15, -0.1) is 0 Å². The zero-order valence-corrected chi connectivity index (χ0v) is 12.4. The molecule has 0 spiro atoms. The van der Waals surface area contributed by atoms with Gasteiger partial charge in [0.2, 0.25) is 0 Å². The summed E-state index contributed by atoms with van der Waals surface area (Å²) in [5, 5.41) is 0.634.